The number of anilines is 1. The third kappa shape index (κ3) is 1.85. The van der Waals surface area contributed by atoms with E-state index in [9.17, 15) is 0 Å². The molecule has 1 aromatic heterocycles. The lowest BCUT2D eigenvalue weighted by molar-refractivity contribution is 0.414. The molecule has 0 spiro atoms. The maximum atomic E-state index is 6.30. The summed E-state index contributed by atoms with van der Waals surface area (Å²) in [6.07, 6.45) is 2.02. The van der Waals surface area contributed by atoms with Gasteiger partial charge in [-0.2, -0.15) is 0 Å². The Morgan fingerprint density at radius 1 is 1.50 bits per heavy atom. The zero-order valence-electron chi connectivity index (χ0n) is 9.94. The molecule has 3 nitrogen and oxygen atoms in total. The van der Waals surface area contributed by atoms with Crippen molar-refractivity contribution in [3.63, 3.8) is 0 Å². The third-order valence-electron chi connectivity index (χ3n) is 3.31. The van der Waals surface area contributed by atoms with Crippen molar-refractivity contribution in [1.29, 1.82) is 0 Å². The average molecular weight is 281 g/mol. The number of halogens is 1. The monoisotopic (exact) mass is 280 g/mol. The molecule has 2 aromatic rings. The molecular formula is C13H13ClN2OS. The van der Waals surface area contributed by atoms with Crippen molar-refractivity contribution < 1.29 is 4.74 Å². The van der Waals surface area contributed by atoms with Crippen LogP contribution in [0.25, 0.3) is 0 Å². The summed E-state index contributed by atoms with van der Waals surface area (Å²) in [4.78, 5) is 5.61. The largest absolute Gasteiger partial charge is 0.497 e. The van der Waals surface area contributed by atoms with E-state index in [0.29, 0.717) is 11.0 Å². The first-order valence-corrected chi connectivity index (χ1v) is 6.97. The van der Waals surface area contributed by atoms with Crippen LogP contribution < -0.4 is 10.5 Å². The molecule has 3 rings (SSSR count). The minimum atomic E-state index is 0.303. The minimum Gasteiger partial charge on any atom is -0.497 e. The van der Waals surface area contributed by atoms with Crippen molar-refractivity contribution in [2.75, 3.05) is 12.8 Å². The van der Waals surface area contributed by atoms with Gasteiger partial charge in [0.15, 0.2) is 5.13 Å². The highest BCUT2D eigenvalue weighted by molar-refractivity contribution is 7.15. The zero-order valence-corrected chi connectivity index (χ0v) is 11.5. The van der Waals surface area contributed by atoms with Crippen LogP contribution in [0.15, 0.2) is 18.2 Å². The van der Waals surface area contributed by atoms with Crippen molar-refractivity contribution in [1.82, 2.24) is 4.98 Å². The van der Waals surface area contributed by atoms with Crippen molar-refractivity contribution in [2.45, 2.75) is 18.8 Å². The van der Waals surface area contributed by atoms with E-state index >= 15 is 0 Å². The number of nitrogens with two attached hydrogens (primary N) is 1. The fourth-order valence-corrected chi connectivity index (χ4v) is 3.74. The van der Waals surface area contributed by atoms with Gasteiger partial charge in [-0.15, -0.1) is 11.3 Å². The topological polar surface area (TPSA) is 48.1 Å². The Balaban J connectivity index is 2.06. The highest BCUT2D eigenvalue weighted by atomic mass is 35.5. The van der Waals surface area contributed by atoms with Gasteiger partial charge in [0.2, 0.25) is 0 Å². The first-order valence-electron chi connectivity index (χ1n) is 5.77. The Morgan fingerprint density at radius 2 is 2.33 bits per heavy atom. The first-order chi connectivity index (χ1) is 8.69. The zero-order chi connectivity index (χ0) is 12.7. The molecule has 0 bridgehead atoms. The summed E-state index contributed by atoms with van der Waals surface area (Å²) in [5, 5.41) is 1.42. The lowest BCUT2D eigenvalue weighted by Gasteiger charge is -2.13. The van der Waals surface area contributed by atoms with Gasteiger partial charge in [-0.3, -0.25) is 0 Å². The number of methoxy groups -OCH3 is 1. The molecule has 0 fully saturated rings. The summed E-state index contributed by atoms with van der Waals surface area (Å²) < 4.78 is 5.27. The Hall–Kier alpha value is -1.26. The second kappa shape index (κ2) is 4.44. The number of rotatable bonds is 2. The van der Waals surface area contributed by atoms with E-state index < -0.39 is 0 Å². The van der Waals surface area contributed by atoms with Gasteiger partial charge in [-0.1, -0.05) is 11.6 Å². The number of aromatic nitrogens is 1. The Morgan fingerprint density at radius 3 is 3.11 bits per heavy atom. The second-order valence-corrected chi connectivity index (χ2v) is 5.81. The van der Waals surface area contributed by atoms with E-state index in [4.69, 9.17) is 22.1 Å². The molecule has 18 heavy (non-hydrogen) atoms. The molecule has 2 N–H and O–H groups in total. The van der Waals surface area contributed by atoms with Crippen LogP contribution >= 0.6 is 22.9 Å². The molecule has 0 aliphatic heterocycles. The third-order valence-corrected chi connectivity index (χ3v) is 4.69. The molecule has 0 radical (unpaired) electrons. The fraction of sp³-hybridized carbons (Fsp3) is 0.308. The van der Waals surface area contributed by atoms with Crippen molar-refractivity contribution in [3.05, 3.63) is 39.4 Å². The number of aryl methyl sites for hydroxylation is 1. The molecular weight excluding hydrogens is 268 g/mol. The normalized spacial score (nSPS) is 17.8. The van der Waals surface area contributed by atoms with E-state index in [0.717, 1.165) is 34.9 Å². The fourth-order valence-electron chi connectivity index (χ4n) is 2.46. The van der Waals surface area contributed by atoms with E-state index in [2.05, 4.69) is 4.98 Å². The summed E-state index contributed by atoms with van der Waals surface area (Å²) in [5.74, 6) is 1.14. The molecule has 1 atom stereocenters. The van der Waals surface area contributed by atoms with Crippen LogP contribution in [-0.2, 0) is 6.42 Å². The highest BCUT2D eigenvalue weighted by Crippen LogP contribution is 2.44. The van der Waals surface area contributed by atoms with Crippen LogP contribution in [0.4, 0.5) is 5.13 Å². The summed E-state index contributed by atoms with van der Waals surface area (Å²) in [6, 6.07) is 5.78. The predicted octanol–water partition coefficient (Wildman–Crippen LogP) is 3.47. The SMILES string of the molecule is COc1ccc(Cl)c(C2CCc3nc(N)sc32)c1. The van der Waals surface area contributed by atoms with Crippen LogP contribution in [0.2, 0.25) is 5.02 Å². The van der Waals surface area contributed by atoms with Gasteiger partial charge in [0.25, 0.3) is 0 Å². The predicted molar refractivity (Wildman–Crippen MR) is 74.7 cm³/mol. The molecule has 1 heterocycles. The van der Waals surface area contributed by atoms with Crippen molar-refractivity contribution in [3.8, 4) is 5.75 Å². The molecule has 94 valence electrons. The molecule has 1 unspecified atom stereocenters. The molecule has 1 aromatic carbocycles. The number of hydrogen-bond acceptors (Lipinski definition) is 4. The van der Waals surface area contributed by atoms with Gasteiger partial charge in [0.05, 0.1) is 12.8 Å². The number of benzene rings is 1. The Labute approximate surface area is 115 Å². The van der Waals surface area contributed by atoms with Crippen LogP contribution in [0.1, 0.15) is 28.5 Å². The Bertz CT molecular complexity index is 597. The van der Waals surface area contributed by atoms with E-state index in [1.807, 2.05) is 18.2 Å². The van der Waals surface area contributed by atoms with Crippen LogP contribution in [0.5, 0.6) is 5.75 Å². The highest BCUT2D eigenvalue weighted by Gasteiger charge is 2.29. The summed E-state index contributed by atoms with van der Waals surface area (Å²) in [5.41, 5.74) is 8.01. The lowest BCUT2D eigenvalue weighted by atomic mass is 9.98. The van der Waals surface area contributed by atoms with Crippen LogP contribution in [0.3, 0.4) is 0 Å². The maximum Gasteiger partial charge on any atom is 0.180 e. The molecule has 1 aliphatic carbocycles. The number of nitrogen functional groups attached to an aromatic ring is 1. The number of ether oxygens (including phenoxy) is 1. The lowest BCUT2D eigenvalue weighted by Crippen LogP contribution is -1.96. The standard InChI is InChI=1S/C13H13ClN2OS/c1-17-7-2-4-10(14)9(6-7)8-3-5-11-12(8)18-13(15)16-11/h2,4,6,8H,3,5H2,1H3,(H2,15,16). The number of hydrogen-bond donors (Lipinski definition) is 1. The maximum absolute atomic E-state index is 6.30. The minimum absolute atomic E-state index is 0.303. The van der Waals surface area contributed by atoms with E-state index in [1.54, 1.807) is 18.4 Å². The molecule has 5 heteroatoms. The molecule has 0 saturated carbocycles. The summed E-state index contributed by atoms with van der Waals surface area (Å²) in [6.45, 7) is 0. The molecule has 0 saturated heterocycles. The number of nitrogens with zero attached hydrogens (tertiary/aromatic N) is 1. The van der Waals surface area contributed by atoms with Gasteiger partial charge >= 0.3 is 0 Å². The Kier molecular flexibility index (Phi) is 2.92. The summed E-state index contributed by atoms with van der Waals surface area (Å²) in [7, 11) is 1.66. The summed E-state index contributed by atoms with van der Waals surface area (Å²) >= 11 is 7.87. The number of thiazole rings is 1. The number of fused-ring (bicyclic) bond motifs is 1. The van der Waals surface area contributed by atoms with Crippen LogP contribution in [0, 0.1) is 0 Å². The molecule has 1 aliphatic rings. The molecule has 0 amide bonds. The van der Waals surface area contributed by atoms with Gasteiger partial charge in [-0.25, -0.2) is 4.98 Å². The average Bonchev–Trinajstić information content (AvgIpc) is 2.89. The van der Waals surface area contributed by atoms with Crippen molar-refractivity contribution >= 4 is 28.1 Å². The quantitative estimate of drug-likeness (QED) is 0.916. The smallest absolute Gasteiger partial charge is 0.180 e. The van der Waals surface area contributed by atoms with Gasteiger partial charge in [-0.05, 0) is 36.6 Å². The van der Waals surface area contributed by atoms with Crippen LogP contribution in [-0.4, -0.2) is 12.1 Å². The first kappa shape index (κ1) is 11.8. The van der Waals surface area contributed by atoms with Gasteiger partial charge in [0, 0.05) is 15.8 Å². The van der Waals surface area contributed by atoms with E-state index in [-0.39, 0.29) is 0 Å². The van der Waals surface area contributed by atoms with E-state index in [1.165, 1.54) is 4.88 Å². The van der Waals surface area contributed by atoms with Crippen molar-refractivity contribution in [2.24, 2.45) is 0 Å². The van der Waals surface area contributed by atoms with Gasteiger partial charge < -0.3 is 10.5 Å². The van der Waals surface area contributed by atoms with Gasteiger partial charge in [0.1, 0.15) is 5.75 Å². The second-order valence-electron chi connectivity index (χ2n) is 4.34.